The molecule has 0 fully saturated rings. The third-order valence-corrected chi connectivity index (χ3v) is 3.54. The van der Waals surface area contributed by atoms with Crippen molar-refractivity contribution in [1.82, 2.24) is 0 Å². The van der Waals surface area contributed by atoms with Crippen LogP contribution in [0.4, 0.5) is 0 Å². The standard InChI is InChI=1S/C18H32O8/c1-6-20-11-12-21-14-16(19)26-15-13-17(22-7-2,23-8-3)18(15,24-9-4)25-10-5/h13H,6-12,14H2,1-5H3. The summed E-state index contributed by atoms with van der Waals surface area (Å²) in [4.78, 5) is 12.1. The van der Waals surface area contributed by atoms with Crippen LogP contribution in [0.15, 0.2) is 11.8 Å². The fourth-order valence-corrected chi connectivity index (χ4v) is 2.66. The Labute approximate surface area is 155 Å². The molecule has 0 atom stereocenters. The fourth-order valence-electron chi connectivity index (χ4n) is 2.66. The van der Waals surface area contributed by atoms with Gasteiger partial charge >= 0.3 is 5.97 Å². The number of carbonyl (C=O) groups is 1. The maximum absolute atomic E-state index is 12.1. The Kier molecular flexibility index (Phi) is 10.3. The van der Waals surface area contributed by atoms with Crippen LogP contribution in [0.25, 0.3) is 0 Å². The second kappa shape index (κ2) is 11.6. The highest BCUT2D eigenvalue weighted by Crippen LogP contribution is 2.49. The Morgan fingerprint density at radius 3 is 1.85 bits per heavy atom. The predicted octanol–water partition coefficient (Wildman–Crippen LogP) is 2.02. The van der Waals surface area contributed by atoms with Crippen LogP contribution in [-0.2, 0) is 38.0 Å². The van der Waals surface area contributed by atoms with Gasteiger partial charge in [0.1, 0.15) is 6.61 Å². The SMILES string of the molecule is CCOCCOCC(=O)OC1=CC(OCC)(OCC)C1(OCC)OCC. The van der Waals surface area contributed by atoms with Crippen LogP contribution >= 0.6 is 0 Å². The maximum Gasteiger partial charge on any atom is 0.337 e. The summed E-state index contributed by atoms with van der Waals surface area (Å²) in [6.07, 6.45) is 1.57. The highest BCUT2D eigenvalue weighted by molar-refractivity contribution is 5.72. The van der Waals surface area contributed by atoms with Crippen molar-refractivity contribution >= 4 is 5.97 Å². The molecule has 0 aliphatic heterocycles. The lowest BCUT2D eigenvalue weighted by Crippen LogP contribution is -2.68. The van der Waals surface area contributed by atoms with E-state index in [2.05, 4.69) is 0 Å². The van der Waals surface area contributed by atoms with Gasteiger partial charge in [-0.3, -0.25) is 0 Å². The molecule has 26 heavy (non-hydrogen) atoms. The molecule has 0 unspecified atom stereocenters. The molecule has 0 saturated carbocycles. The lowest BCUT2D eigenvalue weighted by molar-refractivity contribution is -0.400. The average Bonchev–Trinajstić information content (AvgIpc) is 2.61. The molecule has 0 radical (unpaired) electrons. The van der Waals surface area contributed by atoms with Crippen molar-refractivity contribution in [3.05, 3.63) is 11.8 Å². The zero-order valence-corrected chi connectivity index (χ0v) is 16.5. The van der Waals surface area contributed by atoms with Gasteiger partial charge in [0.05, 0.1) is 13.2 Å². The van der Waals surface area contributed by atoms with Crippen molar-refractivity contribution in [2.75, 3.05) is 52.9 Å². The minimum atomic E-state index is -1.43. The van der Waals surface area contributed by atoms with Crippen molar-refractivity contribution in [2.45, 2.75) is 46.2 Å². The van der Waals surface area contributed by atoms with E-state index in [4.69, 9.17) is 33.2 Å². The Morgan fingerprint density at radius 1 is 0.808 bits per heavy atom. The first-order valence-electron chi connectivity index (χ1n) is 9.20. The van der Waals surface area contributed by atoms with Crippen molar-refractivity contribution in [3.8, 4) is 0 Å². The van der Waals surface area contributed by atoms with Gasteiger partial charge < -0.3 is 33.2 Å². The van der Waals surface area contributed by atoms with E-state index in [0.717, 1.165) is 0 Å². The maximum atomic E-state index is 12.1. The van der Waals surface area contributed by atoms with Crippen LogP contribution < -0.4 is 0 Å². The number of hydrogen-bond acceptors (Lipinski definition) is 8. The van der Waals surface area contributed by atoms with E-state index in [1.54, 1.807) is 6.08 Å². The summed E-state index contributed by atoms with van der Waals surface area (Å²) in [6.45, 7) is 11.7. The highest BCUT2D eigenvalue weighted by Gasteiger charge is 2.67. The molecule has 0 aromatic rings. The van der Waals surface area contributed by atoms with E-state index in [-0.39, 0.29) is 12.4 Å². The first-order chi connectivity index (χ1) is 12.6. The second-order valence-corrected chi connectivity index (χ2v) is 5.25. The zero-order chi connectivity index (χ0) is 19.5. The van der Waals surface area contributed by atoms with Gasteiger partial charge in [-0.05, 0) is 34.6 Å². The minimum Gasteiger partial charge on any atom is -0.423 e. The van der Waals surface area contributed by atoms with Gasteiger partial charge in [0, 0.05) is 39.1 Å². The number of ether oxygens (including phenoxy) is 7. The Balaban J connectivity index is 2.84. The van der Waals surface area contributed by atoms with Gasteiger partial charge in [-0.2, -0.15) is 0 Å². The smallest absolute Gasteiger partial charge is 0.337 e. The fraction of sp³-hybridized carbons (Fsp3) is 0.833. The quantitative estimate of drug-likeness (QED) is 0.244. The molecule has 1 rings (SSSR count). The average molecular weight is 376 g/mol. The molecule has 0 aromatic heterocycles. The Hall–Kier alpha value is -1.03. The molecule has 8 nitrogen and oxygen atoms in total. The van der Waals surface area contributed by atoms with Crippen LogP contribution in [0.1, 0.15) is 34.6 Å². The van der Waals surface area contributed by atoms with E-state index in [0.29, 0.717) is 46.2 Å². The van der Waals surface area contributed by atoms with Crippen LogP contribution in [0.5, 0.6) is 0 Å². The van der Waals surface area contributed by atoms with Crippen molar-refractivity contribution < 1.29 is 38.0 Å². The number of esters is 1. The predicted molar refractivity (Wildman–Crippen MR) is 93.5 cm³/mol. The van der Waals surface area contributed by atoms with E-state index in [1.165, 1.54) is 0 Å². The molecule has 8 heteroatoms. The molecular formula is C18H32O8. The molecule has 0 saturated heterocycles. The molecule has 1 aliphatic carbocycles. The minimum absolute atomic E-state index is 0.199. The molecular weight excluding hydrogens is 344 g/mol. The van der Waals surface area contributed by atoms with Gasteiger partial charge in [-0.1, -0.05) is 0 Å². The molecule has 0 N–H and O–H groups in total. The molecule has 0 bridgehead atoms. The van der Waals surface area contributed by atoms with Crippen LogP contribution in [0.3, 0.4) is 0 Å². The van der Waals surface area contributed by atoms with E-state index >= 15 is 0 Å². The Bertz CT molecular complexity index is 436. The highest BCUT2D eigenvalue weighted by atomic mass is 16.8. The topological polar surface area (TPSA) is 81.7 Å². The molecule has 152 valence electrons. The summed E-state index contributed by atoms with van der Waals surface area (Å²) >= 11 is 0. The van der Waals surface area contributed by atoms with E-state index < -0.39 is 17.5 Å². The lowest BCUT2D eigenvalue weighted by atomic mass is 9.89. The molecule has 0 aromatic carbocycles. The molecule has 0 amide bonds. The third kappa shape index (κ3) is 5.25. The van der Waals surface area contributed by atoms with Crippen LogP contribution in [0.2, 0.25) is 0 Å². The number of rotatable bonds is 15. The zero-order valence-electron chi connectivity index (χ0n) is 16.5. The summed E-state index contributed by atoms with van der Waals surface area (Å²) < 4.78 is 39.0. The number of carbonyl (C=O) groups excluding carboxylic acids is 1. The third-order valence-electron chi connectivity index (χ3n) is 3.54. The molecule has 0 spiro atoms. The van der Waals surface area contributed by atoms with Crippen molar-refractivity contribution in [1.29, 1.82) is 0 Å². The Morgan fingerprint density at radius 2 is 1.35 bits per heavy atom. The largest absolute Gasteiger partial charge is 0.423 e. The number of hydrogen-bond donors (Lipinski definition) is 0. The molecule has 1 aliphatic rings. The first-order valence-corrected chi connectivity index (χ1v) is 9.20. The second-order valence-electron chi connectivity index (χ2n) is 5.25. The van der Waals surface area contributed by atoms with E-state index in [1.807, 2.05) is 34.6 Å². The first kappa shape index (κ1) is 23.0. The summed E-state index contributed by atoms with van der Waals surface area (Å²) in [6, 6.07) is 0. The van der Waals surface area contributed by atoms with Crippen molar-refractivity contribution in [3.63, 3.8) is 0 Å². The van der Waals surface area contributed by atoms with Crippen LogP contribution in [-0.4, -0.2) is 70.4 Å². The van der Waals surface area contributed by atoms with Crippen LogP contribution in [0, 0.1) is 0 Å². The van der Waals surface area contributed by atoms with Gasteiger partial charge in [-0.25, -0.2) is 4.79 Å². The molecule has 0 heterocycles. The summed E-state index contributed by atoms with van der Waals surface area (Å²) in [5, 5.41) is 0. The lowest BCUT2D eigenvalue weighted by Gasteiger charge is -2.52. The van der Waals surface area contributed by atoms with Gasteiger partial charge in [0.15, 0.2) is 5.76 Å². The van der Waals surface area contributed by atoms with Gasteiger partial charge in [0.2, 0.25) is 0 Å². The van der Waals surface area contributed by atoms with Gasteiger partial charge in [-0.15, -0.1) is 0 Å². The normalized spacial score (nSPS) is 17.5. The monoisotopic (exact) mass is 376 g/mol. The van der Waals surface area contributed by atoms with Gasteiger partial charge in [0.25, 0.3) is 11.6 Å². The van der Waals surface area contributed by atoms with Crippen molar-refractivity contribution in [2.24, 2.45) is 0 Å². The summed E-state index contributed by atoms with van der Waals surface area (Å²) in [5.41, 5.74) is 0. The van der Waals surface area contributed by atoms with E-state index in [9.17, 15) is 4.79 Å². The summed E-state index contributed by atoms with van der Waals surface area (Å²) in [5.74, 6) is -3.03. The summed E-state index contributed by atoms with van der Waals surface area (Å²) in [7, 11) is 0.